The molecule has 0 aromatic carbocycles. The van der Waals surface area contributed by atoms with E-state index in [9.17, 15) is 14.4 Å². The monoisotopic (exact) mass is 793 g/mol. The second-order valence-corrected chi connectivity index (χ2v) is 17.6. The van der Waals surface area contributed by atoms with E-state index < -0.39 is 6.10 Å². The normalized spacial score (nSPS) is 11.9. The van der Waals surface area contributed by atoms with Crippen LogP contribution in [0.2, 0.25) is 0 Å². The number of unbranched alkanes of at least 4 members (excludes halogenated alkanes) is 32. The van der Waals surface area contributed by atoms with Gasteiger partial charge in [-0.1, -0.05) is 240 Å². The Hall–Kier alpha value is -1.59. The maximum atomic E-state index is 12.7. The highest BCUT2D eigenvalue weighted by atomic mass is 16.6. The predicted octanol–water partition coefficient (Wildman–Crippen LogP) is 15.9. The Labute approximate surface area is 348 Å². The Morgan fingerprint density at radius 3 is 0.875 bits per heavy atom. The molecule has 0 radical (unpaired) electrons. The Morgan fingerprint density at radius 2 is 0.589 bits per heavy atom. The van der Waals surface area contributed by atoms with E-state index >= 15 is 0 Å². The van der Waals surface area contributed by atoms with Crippen LogP contribution in [0.3, 0.4) is 0 Å². The SMILES string of the molecule is CCCCCCCCCCCCCCCCCCCCC(=O)OC[C@H](COC(=O)CCCCCCCCCCC)OC(=O)CCCCCCCCCCC(C)C. The van der Waals surface area contributed by atoms with E-state index in [4.69, 9.17) is 14.2 Å². The minimum atomic E-state index is -0.760. The number of carbonyl (C=O) groups is 3. The molecule has 0 aliphatic carbocycles. The van der Waals surface area contributed by atoms with Crippen molar-refractivity contribution < 1.29 is 28.6 Å². The number of hydrogen-bond donors (Lipinski definition) is 0. The molecule has 0 unspecified atom stereocenters. The van der Waals surface area contributed by atoms with Gasteiger partial charge in [0.1, 0.15) is 13.2 Å². The Bertz CT molecular complexity index is 841. The quantitative estimate of drug-likeness (QED) is 0.0347. The van der Waals surface area contributed by atoms with Crippen molar-refractivity contribution in [3.63, 3.8) is 0 Å². The molecule has 332 valence electrons. The van der Waals surface area contributed by atoms with Crippen LogP contribution in [0.1, 0.15) is 278 Å². The van der Waals surface area contributed by atoms with Crippen molar-refractivity contribution in [2.24, 2.45) is 5.92 Å². The zero-order valence-corrected chi connectivity index (χ0v) is 38.1. The summed E-state index contributed by atoms with van der Waals surface area (Å²) < 4.78 is 16.7. The molecule has 0 heterocycles. The van der Waals surface area contributed by atoms with Gasteiger partial charge >= 0.3 is 17.9 Å². The largest absolute Gasteiger partial charge is 0.462 e. The molecular formula is C50H96O6. The lowest BCUT2D eigenvalue weighted by Crippen LogP contribution is -2.30. The molecule has 56 heavy (non-hydrogen) atoms. The summed E-state index contributed by atoms with van der Waals surface area (Å²) in [7, 11) is 0. The number of ether oxygens (including phenoxy) is 3. The van der Waals surface area contributed by atoms with Gasteiger partial charge in [-0.25, -0.2) is 0 Å². The lowest BCUT2D eigenvalue weighted by molar-refractivity contribution is -0.167. The maximum Gasteiger partial charge on any atom is 0.306 e. The number of hydrogen-bond acceptors (Lipinski definition) is 6. The smallest absolute Gasteiger partial charge is 0.306 e. The van der Waals surface area contributed by atoms with Crippen molar-refractivity contribution >= 4 is 17.9 Å². The summed E-state index contributed by atoms with van der Waals surface area (Å²) in [5.41, 5.74) is 0. The first kappa shape index (κ1) is 54.4. The summed E-state index contributed by atoms with van der Waals surface area (Å²) in [6.45, 7) is 8.97. The fourth-order valence-electron chi connectivity index (χ4n) is 7.51. The van der Waals surface area contributed by atoms with Crippen LogP contribution in [0, 0.1) is 5.92 Å². The van der Waals surface area contributed by atoms with Crippen molar-refractivity contribution in [2.75, 3.05) is 13.2 Å². The second kappa shape index (κ2) is 44.5. The molecule has 0 bridgehead atoms. The van der Waals surface area contributed by atoms with Crippen molar-refractivity contribution in [2.45, 2.75) is 284 Å². The van der Waals surface area contributed by atoms with Gasteiger partial charge in [0, 0.05) is 19.3 Å². The van der Waals surface area contributed by atoms with E-state index in [2.05, 4.69) is 27.7 Å². The van der Waals surface area contributed by atoms with Gasteiger partial charge in [-0.2, -0.15) is 0 Å². The van der Waals surface area contributed by atoms with Gasteiger partial charge in [0.15, 0.2) is 6.10 Å². The Kier molecular flexibility index (Phi) is 43.2. The number of carbonyl (C=O) groups excluding carboxylic acids is 3. The zero-order valence-electron chi connectivity index (χ0n) is 38.1. The lowest BCUT2D eigenvalue weighted by Gasteiger charge is -2.18. The van der Waals surface area contributed by atoms with Crippen LogP contribution in [-0.2, 0) is 28.6 Å². The van der Waals surface area contributed by atoms with Gasteiger partial charge in [-0.05, 0) is 25.2 Å². The molecule has 0 aromatic heterocycles. The summed E-state index contributed by atoms with van der Waals surface area (Å²) >= 11 is 0. The van der Waals surface area contributed by atoms with Gasteiger partial charge in [0.2, 0.25) is 0 Å². The number of esters is 3. The lowest BCUT2D eigenvalue weighted by atomic mass is 10.0. The van der Waals surface area contributed by atoms with Gasteiger partial charge in [0.25, 0.3) is 0 Å². The third-order valence-electron chi connectivity index (χ3n) is 11.3. The van der Waals surface area contributed by atoms with Gasteiger partial charge < -0.3 is 14.2 Å². The van der Waals surface area contributed by atoms with Crippen molar-refractivity contribution in [3.05, 3.63) is 0 Å². The summed E-state index contributed by atoms with van der Waals surface area (Å²) in [6, 6.07) is 0. The minimum absolute atomic E-state index is 0.0637. The molecule has 1 atom stereocenters. The first-order chi connectivity index (χ1) is 27.4. The molecule has 6 nitrogen and oxygen atoms in total. The first-order valence-corrected chi connectivity index (χ1v) is 24.9. The third-order valence-corrected chi connectivity index (χ3v) is 11.3. The van der Waals surface area contributed by atoms with E-state index in [-0.39, 0.29) is 31.1 Å². The molecule has 0 aliphatic heterocycles. The average Bonchev–Trinajstić information content (AvgIpc) is 3.18. The molecule has 0 N–H and O–H groups in total. The molecule has 0 amide bonds. The van der Waals surface area contributed by atoms with E-state index in [1.165, 1.54) is 173 Å². The summed E-state index contributed by atoms with van der Waals surface area (Å²) in [5.74, 6) is -0.0596. The van der Waals surface area contributed by atoms with Gasteiger partial charge in [0.05, 0.1) is 0 Å². The van der Waals surface area contributed by atoms with Crippen LogP contribution < -0.4 is 0 Å². The van der Waals surface area contributed by atoms with E-state index in [1.807, 2.05) is 0 Å². The molecule has 0 rings (SSSR count). The Balaban J connectivity index is 4.22. The van der Waals surface area contributed by atoms with Crippen LogP contribution in [0.15, 0.2) is 0 Å². The van der Waals surface area contributed by atoms with E-state index in [0.717, 1.165) is 63.7 Å². The molecule has 0 saturated heterocycles. The zero-order chi connectivity index (χ0) is 41.0. The van der Waals surface area contributed by atoms with Gasteiger partial charge in [-0.3, -0.25) is 14.4 Å². The first-order valence-electron chi connectivity index (χ1n) is 24.9. The molecular weight excluding hydrogens is 697 g/mol. The molecule has 0 spiro atoms. The minimum Gasteiger partial charge on any atom is -0.462 e. The van der Waals surface area contributed by atoms with Crippen molar-refractivity contribution in [1.82, 2.24) is 0 Å². The molecule has 0 saturated carbocycles. The highest BCUT2D eigenvalue weighted by Crippen LogP contribution is 2.17. The molecule has 0 fully saturated rings. The van der Waals surface area contributed by atoms with Crippen molar-refractivity contribution in [1.29, 1.82) is 0 Å². The third kappa shape index (κ3) is 43.5. The molecule has 6 heteroatoms. The fraction of sp³-hybridized carbons (Fsp3) is 0.940. The maximum absolute atomic E-state index is 12.7. The second-order valence-electron chi connectivity index (χ2n) is 17.6. The van der Waals surface area contributed by atoms with Crippen LogP contribution in [0.5, 0.6) is 0 Å². The topological polar surface area (TPSA) is 78.9 Å². The van der Waals surface area contributed by atoms with Crippen LogP contribution in [0.4, 0.5) is 0 Å². The summed E-state index contributed by atoms with van der Waals surface area (Å²) in [6.07, 6.45) is 45.3. The summed E-state index contributed by atoms with van der Waals surface area (Å²) in [5, 5.41) is 0. The summed E-state index contributed by atoms with van der Waals surface area (Å²) in [4.78, 5) is 37.8. The predicted molar refractivity (Wildman–Crippen MR) is 238 cm³/mol. The average molecular weight is 793 g/mol. The van der Waals surface area contributed by atoms with Crippen molar-refractivity contribution in [3.8, 4) is 0 Å². The van der Waals surface area contributed by atoms with Crippen LogP contribution >= 0.6 is 0 Å². The highest BCUT2D eigenvalue weighted by molar-refractivity contribution is 5.71. The Morgan fingerprint density at radius 1 is 0.339 bits per heavy atom. The number of rotatable bonds is 45. The van der Waals surface area contributed by atoms with Crippen LogP contribution in [-0.4, -0.2) is 37.2 Å². The van der Waals surface area contributed by atoms with E-state index in [1.54, 1.807) is 0 Å². The molecule has 0 aromatic rings. The van der Waals surface area contributed by atoms with E-state index in [0.29, 0.717) is 19.3 Å². The standard InChI is InChI=1S/C50H96O6/c1-5-7-9-11-13-15-16-17-18-19-20-21-22-23-25-30-34-38-42-49(52)55-45-47(44-54-48(51)41-37-33-29-24-14-12-10-8-6-2)56-50(53)43-39-35-31-27-26-28-32-36-40-46(3)4/h46-47H,5-45H2,1-4H3/t47-/m0/s1. The fourth-order valence-corrected chi connectivity index (χ4v) is 7.51. The highest BCUT2D eigenvalue weighted by Gasteiger charge is 2.19. The van der Waals surface area contributed by atoms with Crippen LogP contribution in [0.25, 0.3) is 0 Å². The van der Waals surface area contributed by atoms with Gasteiger partial charge in [-0.15, -0.1) is 0 Å². The molecule has 0 aliphatic rings.